The van der Waals surface area contributed by atoms with Crippen molar-refractivity contribution >= 4 is 5.91 Å². The molecule has 0 N–H and O–H groups in total. The van der Waals surface area contributed by atoms with E-state index >= 15 is 0 Å². The predicted molar refractivity (Wildman–Crippen MR) is 63.6 cm³/mol. The summed E-state index contributed by atoms with van der Waals surface area (Å²) in [6, 6.07) is 0. The maximum Gasteiger partial charge on any atom is 0.225 e. The van der Waals surface area contributed by atoms with Crippen molar-refractivity contribution in [1.82, 2.24) is 4.90 Å². The van der Waals surface area contributed by atoms with E-state index in [2.05, 4.69) is 20.8 Å². The Morgan fingerprint density at radius 2 is 1.80 bits per heavy atom. The van der Waals surface area contributed by atoms with Crippen LogP contribution in [0, 0.1) is 17.3 Å². The molecule has 0 aromatic rings. The number of carbonyl (C=O) groups is 1. The minimum Gasteiger partial charge on any atom is -0.349 e. The average molecular weight is 211 g/mol. The summed E-state index contributed by atoms with van der Waals surface area (Å²) in [5.74, 6) is 1.31. The third-order valence-electron chi connectivity index (χ3n) is 3.69. The summed E-state index contributed by atoms with van der Waals surface area (Å²) in [5, 5.41) is 0. The highest BCUT2D eigenvalue weighted by Gasteiger charge is 2.33. The fraction of sp³-hybridized carbons (Fsp3) is 0.923. The van der Waals surface area contributed by atoms with E-state index in [-0.39, 0.29) is 5.92 Å². The fourth-order valence-electron chi connectivity index (χ4n) is 2.57. The molecular formula is C13H25NO. The maximum absolute atomic E-state index is 11.9. The van der Waals surface area contributed by atoms with Gasteiger partial charge in [-0.05, 0) is 30.6 Å². The molecule has 88 valence electrons. The summed E-state index contributed by atoms with van der Waals surface area (Å²) in [6.07, 6.45) is 4.68. The van der Waals surface area contributed by atoms with Gasteiger partial charge in [0.25, 0.3) is 0 Å². The van der Waals surface area contributed by atoms with Gasteiger partial charge in [0.2, 0.25) is 5.91 Å². The van der Waals surface area contributed by atoms with Crippen LogP contribution in [0.25, 0.3) is 0 Å². The van der Waals surface area contributed by atoms with Crippen molar-refractivity contribution in [1.29, 1.82) is 0 Å². The van der Waals surface area contributed by atoms with Crippen molar-refractivity contribution < 1.29 is 4.79 Å². The van der Waals surface area contributed by atoms with Crippen LogP contribution in [0.1, 0.15) is 46.5 Å². The fourth-order valence-corrected chi connectivity index (χ4v) is 2.57. The number of rotatable bonds is 1. The van der Waals surface area contributed by atoms with Crippen LogP contribution in [0.15, 0.2) is 0 Å². The van der Waals surface area contributed by atoms with Gasteiger partial charge in [-0.2, -0.15) is 0 Å². The largest absolute Gasteiger partial charge is 0.349 e. The van der Waals surface area contributed by atoms with Crippen molar-refractivity contribution in [3.63, 3.8) is 0 Å². The standard InChI is InChI=1S/C13H25NO/c1-13(2,3)11-8-6-7-10(9-11)12(15)14(4)5/h10-11H,6-9H2,1-5H3. The second-order valence-corrected chi connectivity index (χ2v) is 6.16. The monoisotopic (exact) mass is 211 g/mol. The highest BCUT2D eigenvalue weighted by molar-refractivity contribution is 5.78. The molecule has 1 saturated carbocycles. The first-order valence-electron chi connectivity index (χ1n) is 6.03. The molecule has 0 heterocycles. The van der Waals surface area contributed by atoms with Crippen molar-refractivity contribution in [2.75, 3.05) is 14.1 Å². The molecule has 1 fully saturated rings. The second-order valence-electron chi connectivity index (χ2n) is 6.16. The topological polar surface area (TPSA) is 20.3 Å². The van der Waals surface area contributed by atoms with E-state index in [1.54, 1.807) is 4.90 Å². The van der Waals surface area contributed by atoms with Crippen LogP contribution in [0.3, 0.4) is 0 Å². The second kappa shape index (κ2) is 4.54. The third-order valence-corrected chi connectivity index (χ3v) is 3.69. The molecule has 2 heteroatoms. The lowest BCUT2D eigenvalue weighted by molar-refractivity contribution is -0.135. The molecule has 1 aliphatic rings. The summed E-state index contributed by atoms with van der Waals surface area (Å²) < 4.78 is 0. The Morgan fingerprint density at radius 1 is 1.20 bits per heavy atom. The van der Waals surface area contributed by atoms with E-state index in [1.807, 2.05) is 14.1 Å². The van der Waals surface area contributed by atoms with Gasteiger partial charge in [-0.3, -0.25) is 4.79 Å². The van der Waals surface area contributed by atoms with Crippen molar-refractivity contribution in [2.24, 2.45) is 17.3 Å². The van der Waals surface area contributed by atoms with Crippen LogP contribution in [-0.2, 0) is 4.79 Å². The molecule has 2 nitrogen and oxygen atoms in total. The van der Waals surface area contributed by atoms with E-state index in [0.717, 1.165) is 12.8 Å². The van der Waals surface area contributed by atoms with Gasteiger partial charge in [-0.25, -0.2) is 0 Å². The molecule has 0 aromatic heterocycles. The van der Waals surface area contributed by atoms with Crippen molar-refractivity contribution in [3.8, 4) is 0 Å². The van der Waals surface area contributed by atoms with Gasteiger partial charge >= 0.3 is 0 Å². The van der Waals surface area contributed by atoms with Crippen molar-refractivity contribution in [2.45, 2.75) is 46.5 Å². The van der Waals surface area contributed by atoms with E-state index in [1.165, 1.54) is 12.8 Å². The molecule has 0 radical (unpaired) electrons. The molecule has 2 unspecified atom stereocenters. The first-order chi connectivity index (χ1) is 6.82. The Labute approximate surface area is 94.0 Å². The Morgan fingerprint density at radius 3 is 2.27 bits per heavy atom. The normalized spacial score (nSPS) is 27.5. The smallest absolute Gasteiger partial charge is 0.225 e. The van der Waals surface area contributed by atoms with Crippen LogP contribution < -0.4 is 0 Å². The molecule has 1 rings (SSSR count). The van der Waals surface area contributed by atoms with Crippen molar-refractivity contribution in [3.05, 3.63) is 0 Å². The quantitative estimate of drug-likeness (QED) is 0.653. The molecule has 15 heavy (non-hydrogen) atoms. The molecule has 1 aliphatic carbocycles. The molecule has 2 atom stereocenters. The Hall–Kier alpha value is -0.530. The highest BCUT2D eigenvalue weighted by atomic mass is 16.2. The lowest BCUT2D eigenvalue weighted by atomic mass is 9.69. The minimum atomic E-state index is 0.276. The zero-order valence-electron chi connectivity index (χ0n) is 10.8. The molecule has 0 spiro atoms. The average Bonchev–Trinajstić information content (AvgIpc) is 2.15. The molecule has 0 saturated heterocycles. The van der Waals surface area contributed by atoms with E-state index in [0.29, 0.717) is 17.2 Å². The number of hydrogen-bond donors (Lipinski definition) is 0. The maximum atomic E-state index is 11.9. The Kier molecular flexibility index (Phi) is 3.80. The van der Waals surface area contributed by atoms with Gasteiger partial charge in [0.15, 0.2) is 0 Å². The minimum absolute atomic E-state index is 0.276. The van der Waals surface area contributed by atoms with E-state index in [4.69, 9.17) is 0 Å². The predicted octanol–water partition coefficient (Wildman–Crippen LogP) is 2.93. The van der Waals surface area contributed by atoms with E-state index < -0.39 is 0 Å². The first kappa shape index (κ1) is 12.5. The summed E-state index contributed by atoms with van der Waals surface area (Å²) in [5.41, 5.74) is 0.352. The van der Waals surface area contributed by atoms with Gasteiger partial charge in [0.1, 0.15) is 0 Å². The number of hydrogen-bond acceptors (Lipinski definition) is 1. The van der Waals surface area contributed by atoms with Crippen LogP contribution in [0.5, 0.6) is 0 Å². The molecule has 0 aliphatic heterocycles. The summed E-state index contributed by atoms with van der Waals surface area (Å²) in [7, 11) is 3.73. The summed E-state index contributed by atoms with van der Waals surface area (Å²) >= 11 is 0. The van der Waals surface area contributed by atoms with E-state index in [9.17, 15) is 4.79 Å². The SMILES string of the molecule is CN(C)C(=O)C1CCCC(C(C)(C)C)C1. The van der Waals surface area contributed by atoms with Crippen LogP contribution in [0.2, 0.25) is 0 Å². The number of carbonyl (C=O) groups excluding carboxylic acids is 1. The lowest BCUT2D eigenvalue weighted by Crippen LogP contribution is -2.35. The Bertz CT molecular complexity index is 227. The molecule has 1 amide bonds. The highest BCUT2D eigenvalue weighted by Crippen LogP contribution is 2.40. The van der Waals surface area contributed by atoms with Crippen LogP contribution in [0.4, 0.5) is 0 Å². The van der Waals surface area contributed by atoms with Gasteiger partial charge in [-0.15, -0.1) is 0 Å². The molecular weight excluding hydrogens is 186 g/mol. The zero-order chi connectivity index (χ0) is 11.6. The van der Waals surface area contributed by atoms with Crippen LogP contribution >= 0.6 is 0 Å². The molecule has 0 aromatic carbocycles. The van der Waals surface area contributed by atoms with Gasteiger partial charge in [0, 0.05) is 20.0 Å². The third kappa shape index (κ3) is 3.22. The number of amides is 1. The lowest BCUT2D eigenvalue weighted by Gasteiger charge is -2.37. The first-order valence-corrected chi connectivity index (χ1v) is 6.03. The van der Waals surface area contributed by atoms with Crippen LogP contribution in [-0.4, -0.2) is 24.9 Å². The van der Waals surface area contributed by atoms with Gasteiger partial charge < -0.3 is 4.90 Å². The number of nitrogens with zero attached hydrogens (tertiary/aromatic N) is 1. The molecule has 0 bridgehead atoms. The van der Waals surface area contributed by atoms with Gasteiger partial charge in [-0.1, -0.05) is 27.2 Å². The zero-order valence-corrected chi connectivity index (χ0v) is 10.8. The van der Waals surface area contributed by atoms with Gasteiger partial charge in [0.05, 0.1) is 0 Å². The summed E-state index contributed by atoms with van der Waals surface area (Å²) in [6.45, 7) is 6.88. The summed E-state index contributed by atoms with van der Waals surface area (Å²) in [4.78, 5) is 13.6. The Balaban J connectivity index is 2.60.